The zero-order valence-electron chi connectivity index (χ0n) is 13.2. The number of rotatable bonds is 11. The van der Waals surface area contributed by atoms with Crippen molar-refractivity contribution in [1.29, 1.82) is 0 Å². The second-order valence-corrected chi connectivity index (χ2v) is 5.88. The molecule has 0 saturated carbocycles. The van der Waals surface area contributed by atoms with Crippen LogP contribution in [0, 0.1) is 11.8 Å². The lowest BCUT2D eigenvalue weighted by Gasteiger charge is -2.25. The van der Waals surface area contributed by atoms with Crippen LogP contribution in [0.2, 0.25) is 0 Å². The van der Waals surface area contributed by atoms with Crippen LogP contribution in [0.25, 0.3) is 0 Å². The number of hydrogen-bond donors (Lipinski definition) is 2. The molecular weight excluding hydrogens is 274 g/mol. The van der Waals surface area contributed by atoms with Gasteiger partial charge in [0.2, 0.25) is 5.91 Å². The van der Waals surface area contributed by atoms with Crippen LogP contribution in [0.1, 0.15) is 52.9 Å². The number of carbonyl (C=O) groups is 3. The van der Waals surface area contributed by atoms with Crippen molar-refractivity contribution in [3.05, 3.63) is 0 Å². The van der Waals surface area contributed by atoms with E-state index < -0.39 is 17.9 Å². The minimum Gasteiger partial charge on any atom is -0.481 e. The summed E-state index contributed by atoms with van der Waals surface area (Å²) in [5.41, 5.74) is 0. The van der Waals surface area contributed by atoms with E-state index in [2.05, 4.69) is 0 Å². The van der Waals surface area contributed by atoms with Crippen LogP contribution in [0.15, 0.2) is 0 Å². The van der Waals surface area contributed by atoms with Gasteiger partial charge in [-0.3, -0.25) is 14.4 Å². The molecule has 2 N–H and O–H groups in total. The Kier molecular flexibility index (Phi) is 9.41. The van der Waals surface area contributed by atoms with Gasteiger partial charge >= 0.3 is 11.9 Å². The highest BCUT2D eigenvalue weighted by atomic mass is 16.4. The van der Waals surface area contributed by atoms with Gasteiger partial charge in [0, 0.05) is 25.9 Å². The molecule has 0 aliphatic rings. The molecule has 0 fully saturated rings. The summed E-state index contributed by atoms with van der Waals surface area (Å²) in [7, 11) is 0. The molecule has 0 saturated heterocycles. The summed E-state index contributed by atoms with van der Waals surface area (Å²) in [6.45, 7) is 6.18. The van der Waals surface area contributed by atoms with E-state index >= 15 is 0 Å². The third-order valence-corrected chi connectivity index (χ3v) is 3.17. The molecule has 0 bridgehead atoms. The Bertz CT molecular complexity index is 354. The minimum absolute atomic E-state index is 0.0312. The molecule has 1 amide bonds. The Balaban J connectivity index is 4.34. The highest BCUT2D eigenvalue weighted by Crippen LogP contribution is 2.10. The summed E-state index contributed by atoms with van der Waals surface area (Å²) < 4.78 is 0. The number of unbranched alkanes of at least 4 members (excludes halogenated alkanes) is 2. The molecule has 0 radical (unpaired) electrons. The van der Waals surface area contributed by atoms with E-state index in [0.717, 1.165) is 6.42 Å². The van der Waals surface area contributed by atoms with Crippen molar-refractivity contribution in [2.24, 2.45) is 11.8 Å². The van der Waals surface area contributed by atoms with Gasteiger partial charge in [-0.25, -0.2) is 0 Å². The Hall–Kier alpha value is -1.59. The molecule has 122 valence electrons. The Morgan fingerprint density at radius 1 is 1.00 bits per heavy atom. The maximum atomic E-state index is 12.1. The molecular formula is C15H27NO5. The second-order valence-electron chi connectivity index (χ2n) is 5.88. The third kappa shape index (κ3) is 9.87. The van der Waals surface area contributed by atoms with E-state index in [4.69, 9.17) is 10.2 Å². The van der Waals surface area contributed by atoms with Crippen molar-refractivity contribution in [2.75, 3.05) is 13.1 Å². The lowest BCUT2D eigenvalue weighted by Crippen LogP contribution is -2.38. The molecule has 0 aromatic carbocycles. The fourth-order valence-electron chi connectivity index (χ4n) is 1.96. The molecule has 0 aromatic rings. The zero-order valence-corrected chi connectivity index (χ0v) is 13.2. The van der Waals surface area contributed by atoms with Crippen LogP contribution in [-0.2, 0) is 14.4 Å². The summed E-state index contributed by atoms with van der Waals surface area (Å²) in [5.74, 6) is -2.13. The Labute approximate surface area is 126 Å². The standard InChI is InChI=1S/C15H27NO5/c1-11(2)9-13(17)16(10-12(3)15(20)21)8-6-4-5-7-14(18)19/h11-12H,4-10H2,1-3H3,(H,18,19)(H,20,21). The van der Waals surface area contributed by atoms with Crippen LogP contribution < -0.4 is 0 Å². The molecule has 0 rings (SSSR count). The largest absolute Gasteiger partial charge is 0.481 e. The quantitative estimate of drug-likeness (QED) is 0.571. The lowest BCUT2D eigenvalue weighted by molar-refractivity contribution is -0.143. The van der Waals surface area contributed by atoms with E-state index in [1.807, 2.05) is 13.8 Å². The summed E-state index contributed by atoms with van der Waals surface area (Å²) in [6, 6.07) is 0. The highest BCUT2D eigenvalue weighted by Gasteiger charge is 2.20. The predicted molar refractivity (Wildman–Crippen MR) is 78.9 cm³/mol. The number of amides is 1. The van der Waals surface area contributed by atoms with Gasteiger partial charge in [-0.05, 0) is 18.8 Å². The number of nitrogens with zero attached hydrogens (tertiary/aromatic N) is 1. The van der Waals surface area contributed by atoms with Crippen molar-refractivity contribution in [3.63, 3.8) is 0 Å². The molecule has 0 aliphatic heterocycles. The van der Waals surface area contributed by atoms with Crippen LogP contribution in [-0.4, -0.2) is 46.0 Å². The maximum absolute atomic E-state index is 12.1. The van der Waals surface area contributed by atoms with Gasteiger partial charge in [-0.15, -0.1) is 0 Å². The van der Waals surface area contributed by atoms with Gasteiger partial charge in [0.15, 0.2) is 0 Å². The average molecular weight is 301 g/mol. The second kappa shape index (κ2) is 10.2. The molecule has 6 heteroatoms. The van der Waals surface area contributed by atoms with E-state index in [-0.39, 0.29) is 24.8 Å². The van der Waals surface area contributed by atoms with Crippen molar-refractivity contribution in [1.82, 2.24) is 4.90 Å². The molecule has 21 heavy (non-hydrogen) atoms. The van der Waals surface area contributed by atoms with E-state index in [0.29, 0.717) is 25.8 Å². The third-order valence-electron chi connectivity index (χ3n) is 3.17. The molecule has 1 atom stereocenters. The fourth-order valence-corrected chi connectivity index (χ4v) is 1.96. The lowest BCUT2D eigenvalue weighted by atomic mass is 10.1. The first-order valence-electron chi connectivity index (χ1n) is 7.46. The first kappa shape index (κ1) is 19.4. The SMILES string of the molecule is CC(C)CC(=O)N(CCCCCC(=O)O)CC(C)C(=O)O. The zero-order chi connectivity index (χ0) is 16.4. The van der Waals surface area contributed by atoms with Crippen LogP contribution in [0.4, 0.5) is 0 Å². The molecule has 0 heterocycles. The van der Waals surface area contributed by atoms with Gasteiger partial charge < -0.3 is 15.1 Å². The summed E-state index contributed by atoms with van der Waals surface area (Å²) in [5, 5.41) is 17.5. The van der Waals surface area contributed by atoms with Gasteiger partial charge in [0.05, 0.1) is 5.92 Å². The summed E-state index contributed by atoms with van der Waals surface area (Å²) in [4.78, 5) is 35.1. The summed E-state index contributed by atoms with van der Waals surface area (Å²) in [6.07, 6.45) is 2.53. The van der Waals surface area contributed by atoms with Crippen LogP contribution in [0.3, 0.4) is 0 Å². The molecule has 1 unspecified atom stereocenters. The first-order chi connectivity index (χ1) is 9.73. The molecule has 0 aromatic heterocycles. The first-order valence-corrected chi connectivity index (χ1v) is 7.46. The minimum atomic E-state index is -0.914. The van der Waals surface area contributed by atoms with Crippen molar-refractivity contribution >= 4 is 17.8 Å². The van der Waals surface area contributed by atoms with Crippen LogP contribution >= 0.6 is 0 Å². The summed E-state index contributed by atoms with van der Waals surface area (Å²) >= 11 is 0. The Morgan fingerprint density at radius 2 is 1.62 bits per heavy atom. The van der Waals surface area contributed by atoms with E-state index in [1.165, 1.54) is 0 Å². The van der Waals surface area contributed by atoms with Crippen molar-refractivity contribution in [3.8, 4) is 0 Å². The van der Waals surface area contributed by atoms with Gasteiger partial charge in [-0.1, -0.05) is 27.2 Å². The van der Waals surface area contributed by atoms with Gasteiger partial charge in [-0.2, -0.15) is 0 Å². The molecule has 0 aliphatic carbocycles. The number of hydrogen-bond acceptors (Lipinski definition) is 3. The predicted octanol–water partition coefficient (Wildman–Crippen LogP) is 2.23. The topological polar surface area (TPSA) is 94.9 Å². The highest BCUT2D eigenvalue weighted by molar-refractivity contribution is 5.77. The number of carboxylic acid groups (broad SMARTS) is 2. The smallest absolute Gasteiger partial charge is 0.308 e. The monoisotopic (exact) mass is 301 g/mol. The van der Waals surface area contributed by atoms with Gasteiger partial charge in [0.25, 0.3) is 0 Å². The average Bonchev–Trinajstić information content (AvgIpc) is 2.35. The fraction of sp³-hybridized carbons (Fsp3) is 0.800. The van der Waals surface area contributed by atoms with Crippen LogP contribution in [0.5, 0.6) is 0 Å². The number of carboxylic acids is 2. The number of aliphatic carboxylic acids is 2. The molecule has 6 nitrogen and oxygen atoms in total. The van der Waals surface area contributed by atoms with E-state index in [1.54, 1.807) is 11.8 Å². The van der Waals surface area contributed by atoms with Crippen molar-refractivity contribution in [2.45, 2.75) is 52.9 Å². The van der Waals surface area contributed by atoms with Gasteiger partial charge in [0.1, 0.15) is 0 Å². The number of carbonyl (C=O) groups excluding carboxylic acids is 1. The van der Waals surface area contributed by atoms with Crippen molar-refractivity contribution < 1.29 is 24.6 Å². The van der Waals surface area contributed by atoms with E-state index in [9.17, 15) is 14.4 Å². The normalized spacial score (nSPS) is 12.2. The Morgan fingerprint density at radius 3 is 2.10 bits per heavy atom. The maximum Gasteiger partial charge on any atom is 0.308 e. The molecule has 0 spiro atoms.